The summed E-state index contributed by atoms with van der Waals surface area (Å²) in [5, 5.41) is 3.51. The van der Waals surface area contributed by atoms with Crippen LogP contribution in [0.4, 0.5) is 0 Å². The van der Waals surface area contributed by atoms with Crippen LogP contribution in [0.15, 0.2) is 0 Å². The Balaban J connectivity index is 2.33. The number of rotatable bonds is 6. The molecule has 0 spiro atoms. The molecule has 1 aliphatic rings. The summed E-state index contributed by atoms with van der Waals surface area (Å²) in [7, 11) is 1.80. The minimum Gasteiger partial charge on any atom is -0.383 e. The fourth-order valence-electron chi connectivity index (χ4n) is 2.14. The number of methoxy groups -OCH3 is 1. The molecule has 0 amide bonds. The molecule has 1 aliphatic heterocycles. The molecule has 0 aromatic carbocycles. The zero-order chi connectivity index (χ0) is 11.1. The van der Waals surface area contributed by atoms with Crippen molar-refractivity contribution in [2.75, 3.05) is 33.4 Å². The van der Waals surface area contributed by atoms with Gasteiger partial charge in [-0.3, -0.25) is 4.90 Å². The van der Waals surface area contributed by atoms with Gasteiger partial charge in [0.2, 0.25) is 0 Å². The average Bonchev–Trinajstić information content (AvgIpc) is 2.25. The second-order valence-electron chi connectivity index (χ2n) is 4.77. The maximum Gasteiger partial charge on any atom is 0.0630 e. The molecule has 0 saturated carbocycles. The second kappa shape index (κ2) is 7.20. The highest BCUT2D eigenvalue weighted by molar-refractivity contribution is 4.77. The number of likely N-dealkylation sites (tertiary alicyclic amines) is 1. The first-order valence-corrected chi connectivity index (χ1v) is 6.20. The largest absolute Gasteiger partial charge is 0.383 e. The van der Waals surface area contributed by atoms with Gasteiger partial charge in [0.1, 0.15) is 0 Å². The molecule has 0 aliphatic carbocycles. The molecule has 0 aromatic rings. The van der Waals surface area contributed by atoms with Gasteiger partial charge < -0.3 is 10.1 Å². The van der Waals surface area contributed by atoms with Crippen LogP contribution >= 0.6 is 0 Å². The van der Waals surface area contributed by atoms with Crippen molar-refractivity contribution in [2.45, 2.75) is 45.2 Å². The van der Waals surface area contributed by atoms with Gasteiger partial charge in [-0.1, -0.05) is 20.3 Å². The van der Waals surface area contributed by atoms with Gasteiger partial charge in [0.25, 0.3) is 0 Å². The quantitative estimate of drug-likeness (QED) is 0.725. The zero-order valence-electron chi connectivity index (χ0n) is 10.5. The molecule has 3 nitrogen and oxygen atoms in total. The van der Waals surface area contributed by atoms with E-state index in [0.29, 0.717) is 12.1 Å². The molecule has 3 heteroatoms. The smallest absolute Gasteiger partial charge is 0.0630 e. The molecule has 0 radical (unpaired) electrons. The van der Waals surface area contributed by atoms with E-state index in [-0.39, 0.29) is 0 Å². The van der Waals surface area contributed by atoms with Crippen LogP contribution in [0.2, 0.25) is 0 Å². The summed E-state index contributed by atoms with van der Waals surface area (Å²) in [4.78, 5) is 2.57. The van der Waals surface area contributed by atoms with Crippen LogP contribution in [-0.4, -0.2) is 50.3 Å². The average molecular weight is 214 g/mol. The summed E-state index contributed by atoms with van der Waals surface area (Å²) in [6, 6.07) is 1.12. The number of nitrogens with zero attached hydrogens (tertiary/aromatic N) is 1. The summed E-state index contributed by atoms with van der Waals surface area (Å²) in [5.74, 6) is 0. The third kappa shape index (κ3) is 4.96. The van der Waals surface area contributed by atoms with E-state index in [2.05, 4.69) is 24.1 Å². The predicted octanol–water partition coefficient (Wildman–Crippen LogP) is 1.49. The molecular formula is C12H26N2O. The van der Waals surface area contributed by atoms with E-state index in [1.54, 1.807) is 7.11 Å². The molecule has 1 rings (SSSR count). The first-order chi connectivity index (χ1) is 7.24. The molecule has 1 unspecified atom stereocenters. The normalized spacial score (nSPS) is 20.8. The van der Waals surface area contributed by atoms with Crippen molar-refractivity contribution in [2.24, 2.45) is 0 Å². The van der Waals surface area contributed by atoms with Crippen molar-refractivity contribution in [3.05, 3.63) is 0 Å². The lowest BCUT2D eigenvalue weighted by atomic mass is 10.1. The molecule has 0 bridgehead atoms. The maximum atomic E-state index is 5.31. The maximum absolute atomic E-state index is 5.31. The van der Waals surface area contributed by atoms with E-state index in [1.165, 1.54) is 32.4 Å². The van der Waals surface area contributed by atoms with Gasteiger partial charge in [-0.25, -0.2) is 0 Å². The molecule has 1 heterocycles. The lowest BCUT2D eigenvalue weighted by molar-refractivity contribution is 0.0755. The molecule has 1 fully saturated rings. The van der Waals surface area contributed by atoms with Crippen LogP contribution < -0.4 is 5.32 Å². The molecular weight excluding hydrogens is 188 g/mol. The van der Waals surface area contributed by atoms with Gasteiger partial charge in [0.15, 0.2) is 0 Å². The molecule has 90 valence electrons. The summed E-state index contributed by atoms with van der Waals surface area (Å²) in [6.45, 7) is 8.77. The number of nitrogens with one attached hydrogen (secondary N) is 1. The highest BCUT2D eigenvalue weighted by Crippen LogP contribution is 2.12. The Morgan fingerprint density at radius 3 is 2.40 bits per heavy atom. The van der Waals surface area contributed by atoms with Gasteiger partial charge >= 0.3 is 0 Å². The van der Waals surface area contributed by atoms with E-state index in [9.17, 15) is 0 Å². The van der Waals surface area contributed by atoms with E-state index >= 15 is 0 Å². The standard InChI is InChI=1S/C12H26N2O/c1-11(2)13-9-12(10-15-3)14-7-5-4-6-8-14/h11-13H,4-10H2,1-3H3. The van der Waals surface area contributed by atoms with Crippen LogP contribution in [0.5, 0.6) is 0 Å². The Bertz CT molecular complexity index is 156. The minimum absolute atomic E-state index is 0.553. The summed E-state index contributed by atoms with van der Waals surface area (Å²) >= 11 is 0. The summed E-state index contributed by atoms with van der Waals surface area (Å²) in [6.07, 6.45) is 4.09. The van der Waals surface area contributed by atoms with Crippen LogP contribution in [0, 0.1) is 0 Å². The Labute approximate surface area is 94.2 Å². The molecule has 1 N–H and O–H groups in total. The lowest BCUT2D eigenvalue weighted by Crippen LogP contribution is -2.48. The van der Waals surface area contributed by atoms with E-state index in [0.717, 1.165) is 13.2 Å². The second-order valence-corrected chi connectivity index (χ2v) is 4.77. The number of piperidine rings is 1. The van der Waals surface area contributed by atoms with Gasteiger partial charge in [-0.2, -0.15) is 0 Å². The van der Waals surface area contributed by atoms with Crippen molar-refractivity contribution in [3.8, 4) is 0 Å². The van der Waals surface area contributed by atoms with E-state index < -0.39 is 0 Å². The first-order valence-electron chi connectivity index (χ1n) is 6.20. The minimum atomic E-state index is 0.553. The zero-order valence-corrected chi connectivity index (χ0v) is 10.5. The number of ether oxygens (including phenoxy) is 1. The van der Waals surface area contributed by atoms with Crippen molar-refractivity contribution in [1.29, 1.82) is 0 Å². The summed E-state index contributed by atoms with van der Waals surface area (Å²) < 4.78 is 5.31. The third-order valence-electron chi connectivity index (χ3n) is 3.03. The Morgan fingerprint density at radius 2 is 1.87 bits per heavy atom. The van der Waals surface area contributed by atoms with Gasteiger partial charge in [-0.15, -0.1) is 0 Å². The van der Waals surface area contributed by atoms with Crippen LogP contribution in [0.25, 0.3) is 0 Å². The van der Waals surface area contributed by atoms with Crippen LogP contribution in [0.1, 0.15) is 33.1 Å². The summed E-state index contributed by atoms with van der Waals surface area (Å²) in [5.41, 5.74) is 0. The Morgan fingerprint density at radius 1 is 1.20 bits per heavy atom. The molecule has 15 heavy (non-hydrogen) atoms. The highest BCUT2D eigenvalue weighted by Gasteiger charge is 2.20. The van der Waals surface area contributed by atoms with Crippen molar-refractivity contribution >= 4 is 0 Å². The van der Waals surface area contributed by atoms with Crippen molar-refractivity contribution < 1.29 is 4.74 Å². The highest BCUT2D eigenvalue weighted by atomic mass is 16.5. The van der Waals surface area contributed by atoms with Crippen LogP contribution in [-0.2, 0) is 4.74 Å². The topological polar surface area (TPSA) is 24.5 Å². The molecule has 1 saturated heterocycles. The van der Waals surface area contributed by atoms with Crippen molar-refractivity contribution in [1.82, 2.24) is 10.2 Å². The molecule has 1 atom stereocenters. The van der Waals surface area contributed by atoms with Crippen molar-refractivity contribution in [3.63, 3.8) is 0 Å². The lowest BCUT2D eigenvalue weighted by Gasteiger charge is -2.34. The number of hydrogen-bond acceptors (Lipinski definition) is 3. The first kappa shape index (κ1) is 12.9. The Hall–Kier alpha value is -0.120. The Kier molecular flexibility index (Phi) is 6.22. The molecule has 0 aromatic heterocycles. The van der Waals surface area contributed by atoms with Gasteiger partial charge in [-0.05, 0) is 25.9 Å². The van der Waals surface area contributed by atoms with Gasteiger partial charge in [0.05, 0.1) is 6.61 Å². The fourth-order valence-corrected chi connectivity index (χ4v) is 2.14. The third-order valence-corrected chi connectivity index (χ3v) is 3.03. The fraction of sp³-hybridized carbons (Fsp3) is 1.00. The number of hydrogen-bond donors (Lipinski definition) is 1. The van der Waals surface area contributed by atoms with Crippen LogP contribution in [0.3, 0.4) is 0 Å². The van der Waals surface area contributed by atoms with E-state index in [4.69, 9.17) is 4.74 Å². The predicted molar refractivity (Wildman–Crippen MR) is 64.2 cm³/mol. The monoisotopic (exact) mass is 214 g/mol. The SMILES string of the molecule is COCC(CNC(C)C)N1CCCCC1. The van der Waals surface area contributed by atoms with Gasteiger partial charge in [0, 0.05) is 25.7 Å². The van der Waals surface area contributed by atoms with E-state index in [1.807, 2.05) is 0 Å².